The summed E-state index contributed by atoms with van der Waals surface area (Å²) in [7, 11) is 2.91. The number of methoxy groups -OCH3 is 5. The van der Waals surface area contributed by atoms with E-state index < -0.39 is 10.0 Å². The molecule has 0 bridgehead atoms. The number of hydrogen-bond acceptors (Lipinski definition) is 9. The van der Waals surface area contributed by atoms with Crippen LogP contribution >= 0.6 is 15.9 Å². The van der Waals surface area contributed by atoms with Crippen LogP contribution in [0.4, 0.5) is 5.82 Å². The molecule has 0 amide bonds. The predicted molar refractivity (Wildman–Crippen MR) is 141 cm³/mol. The molecule has 0 N–H and O–H groups in total. The SMILES string of the molecule is COc1ccc(CN(c2noc3cc(Br)cc(OC)c23)S(=O)(=O)c2c(OC)cccc2OC)c(OC)c1. The van der Waals surface area contributed by atoms with E-state index >= 15 is 0 Å². The number of ether oxygens (including phenoxy) is 5. The Kier molecular flexibility index (Phi) is 7.69. The van der Waals surface area contributed by atoms with Gasteiger partial charge in [-0.2, -0.15) is 0 Å². The maximum Gasteiger partial charge on any atom is 0.273 e. The number of aromatic nitrogens is 1. The summed E-state index contributed by atoms with van der Waals surface area (Å²) in [6.07, 6.45) is 0. The Bertz CT molecular complexity index is 1520. The van der Waals surface area contributed by atoms with E-state index in [2.05, 4.69) is 21.1 Å². The molecule has 1 heterocycles. The quantitative estimate of drug-likeness (QED) is 0.250. The van der Waals surface area contributed by atoms with Crippen LogP contribution in [0.25, 0.3) is 11.0 Å². The fourth-order valence-corrected chi connectivity index (χ4v) is 6.02. The number of sulfonamides is 1. The minimum absolute atomic E-state index is 0.0187. The predicted octanol–water partition coefficient (Wildman–Crippen LogP) is 5.03. The highest BCUT2D eigenvalue weighted by atomic mass is 79.9. The van der Waals surface area contributed by atoms with E-state index in [-0.39, 0.29) is 28.8 Å². The summed E-state index contributed by atoms with van der Waals surface area (Å²) < 4.78 is 63.3. The summed E-state index contributed by atoms with van der Waals surface area (Å²) in [4.78, 5) is -0.167. The van der Waals surface area contributed by atoms with Crippen LogP contribution in [-0.2, 0) is 16.6 Å². The number of benzene rings is 3. The average molecular weight is 593 g/mol. The third-order valence-corrected chi connectivity index (χ3v) is 7.94. The van der Waals surface area contributed by atoms with Gasteiger partial charge < -0.3 is 28.2 Å². The lowest BCUT2D eigenvalue weighted by Crippen LogP contribution is -2.32. The van der Waals surface area contributed by atoms with Crippen molar-refractivity contribution in [1.82, 2.24) is 5.16 Å². The second-order valence-electron chi connectivity index (χ2n) is 7.67. The van der Waals surface area contributed by atoms with Gasteiger partial charge in [-0.1, -0.05) is 27.2 Å². The molecule has 0 unspecified atom stereocenters. The molecule has 196 valence electrons. The molecule has 0 aliphatic heterocycles. The molecule has 0 saturated carbocycles. The summed E-state index contributed by atoms with van der Waals surface area (Å²) in [6.45, 7) is -0.169. The van der Waals surface area contributed by atoms with Crippen molar-refractivity contribution in [2.24, 2.45) is 0 Å². The van der Waals surface area contributed by atoms with Crippen molar-refractivity contribution >= 4 is 42.7 Å². The van der Waals surface area contributed by atoms with E-state index in [1.165, 1.54) is 35.5 Å². The zero-order valence-corrected chi connectivity index (χ0v) is 23.2. The Morgan fingerprint density at radius 2 is 1.49 bits per heavy atom. The first-order chi connectivity index (χ1) is 17.8. The van der Waals surface area contributed by atoms with Gasteiger partial charge in [-0.05, 0) is 36.4 Å². The second-order valence-corrected chi connectivity index (χ2v) is 10.4. The van der Waals surface area contributed by atoms with Crippen LogP contribution < -0.4 is 28.0 Å². The van der Waals surface area contributed by atoms with Crippen molar-refractivity contribution in [3.8, 4) is 28.7 Å². The van der Waals surface area contributed by atoms with Crippen molar-refractivity contribution in [2.45, 2.75) is 11.4 Å². The Morgan fingerprint density at radius 3 is 2.08 bits per heavy atom. The number of fused-ring (bicyclic) bond motifs is 1. The van der Waals surface area contributed by atoms with Crippen LogP contribution in [0, 0.1) is 0 Å². The van der Waals surface area contributed by atoms with Crippen LogP contribution in [0.2, 0.25) is 0 Å². The van der Waals surface area contributed by atoms with Gasteiger partial charge in [-0.15, -0.1) is 0 Å². The van der Waals surface area contributed by atoms with E-state index in [0.29, 0.717) is 38.3 Å². The number of halogens is 1. The zero-order chi connectivity index (χ0) is 26.7. The Morgan fingerprint density at radius 1 is 0.838 bits per heavy atom. The van der Waals surface area contributed by atoms with Crippen LogP contribution in [0.5, 0.6) is 28.7 Å². The number of anilines is 1. The summed E-state index contributed by atoms with van der Waals surface area (Å²) >= 11 is 3.41. The van der Waals surface area contributed by atoms with Gasteiger partial charge in [0.05, 0.1) is 42.1 Å². The fourth-order valence-electron chi connectivity index (χ4n) is 3.91. The van der Waals surface area contributed by atoms with Crippen LogP contribution in [0.3, 0.4) is 0 Å². The molecular weight excluding hydrogens is 568 g/mol. The normalized spacial score (nSPS) is 11.3. The highest BCUT2D eigenvalue weighted by Gasteiger charge is 2.36. The van der Waals surface area contributed by atoms with E-state index in [9.17, 15) is 8.42 Å². The van der Waals surface area contributed by atoms with Gasteiger partial charge in [-0.25, -0.2) is 12.7 Å². The smallest absolute Gasteiger partial charge is 0.273 e. The molecular formula is C25H25BrN2O8S. The Balaban J connectivity index is 2.01. The first-order valence-electron chi connectivity index (χ1n) is 10.9. The van der Waals surface area contributed by atoms with Crippen LogP contribution in [-0.4, -0.2) is 49.1 Å². The second kappa shape index (κ2) is 10.8. The highest BCUT2D eigenvalue weighted by molar-refractivity contribution is 9.10. The van der Waals surface area contributed by atoms with Gasteiger partial charge >= 0.3 is 0 Å². The van der Waals surface area contributed by atoms with Gasteiger partial charge in [0, 0.05) is 16.1 Å². The van der Waals surface area contributed by atoms with Gasteiger partial charge in [0.15, 0.2) is 16.3 Å². The van der Waals surface area contributed by atoms with E-state index in [1.54, 1.807) is 48.5 Å². The van der Waals surface area contributed by atoms with E-state index in [1.807, 2.05) is 0 Å². The van der Waals surface area contributed by atoms with Gasteiger partial charge in [-0.3, -0.25) is 0 Å². The molecule has 0 radical (unpaired) electrons. The molecule has 37 heavy (non-hydrogen) atoms. The monoisotopic (exact) mass is 592 g/mol. The highest BCUT2D eigenvalue weighted by Crippen LogP contribution is 2.43. The molecule has 3 aromatic carbocycles. The van der Waals surface area contributed by atoms with Crippen LogP contribution in [0.1, 0.15) is 5.56 Å². The first-order valence-corrected chi connectivity index (χ1v) is 13.1. The molecule has 0 atom stereocenters. The van der Waals surface area contributed by atoms with E-state index in [4.69, 9.17) is 28.2 Å². The molecule has 0 saturated heterocycles. The minimum Gasteiger partial charge on any atom is -0.497 e. The standard InChI is InChI=1S/C25H25BrN2O8S/c1-31-17-10-9-15(20(13-17)34-4)14-28(25-23-21(35-5)11-16(26)12-22(23)36-27-25)37(29,30)24-18(32-2)7-6-8-19(24)33-3/h6-13H,14H2,1-5H3. The molecule has 12 heteroatoms. The number of hydrogen-bond donors (Lipinski definition) is 0. The average Bonchev–Trinajstić information content (AvgIpc) is 3.33. The van der Waals surface area contributed by atoms with Crippen molar-refractivity contribution in [1.29, 1.82) is 0 Å². The van der Waals surface area contributed by atoms with E-state index in [0.717, 1.165) is 4.31 Å². The van der Waals surface area contributed by atoms with Gasteiger partial charge in [0.2, 0.25) is 0 Å². The fraction of sp³-hybridized carbons (Fsp3) is 0.240. The molecule has 1 aromatic heterocycles. The molecule has 0 aliphatic carbocycles. The lowest BCUT2D eigenvalue weighted by Gasteiger charge is -2.25. The van der Waals surface area contributed by atoms with Crippen molar-refractivity contribution in [3.63, 3.8) is 0 Å². The molecule has 4 rings (SSSR count). The van der Waals surface area contributed by atoms with Crippen molar-refractivity contribution in [2.75, 3.05) is 39.9 Å². The maximum absolute atomic E-state index is 14.4. The zero-order valence-electron chi connectivity index (χ0n) is 20.8. The summed E-state index contributed by atoms with van der Waals surface area (Å²) in [6, 6.07) is 13.2. The number of rotatable bonds is 10. The van der Waals surface area contributed by atoms with Crippen molar-refractivity contribution in [3.05, 3.63) is 58.6 Å². The third-order valence-electron chi connectivity index (χ3n) is 5.68. The minimum atomic E-state index is -4.37. The topological polar surface area (TPSA) is 110 Å². The summed E-state index contributed by atoms with van der Waals surface area (Å²) in [5.41, 5.74) is 0.878. The number of nitrogens with zero attached hydrogens (tertiary/aromatic N) is 2. The first kappa shape index (κ1) is 26.4. The Labute approximate surface area is 222 Å². The largest absolute Gasteiger partial charge is 0.497 e. The molecule has 0 spiro atoms. The van der Waals surface area contributed by atoms with Gasteiger partial charge in [0.1, 0.15) is 34.1 Å². The molecule has 0 fully saturated rings. The molecule has 10 nitrogen and oxygen atoms in total. The lowest BCUT2D eigenvalue weighted by atomic mass is 10.2. The van der Waals surface area contributed by atoms with Crippen LogP contribution in [0.15, 0.2) is 62.4 Å². The lowest BCUT2D eigenvalue weighted by molar-refractivity contribution is 0.373. The summed E-state index contributed by atoms with van der Waals surface area (Å²) in [5, 5.41) is 4.53. The Hall–Kier alpha value is -3.64. The maximum atomic E-state index is 14.4. The summed E-state index contributed by atoms with van der Waals surface area (Å²) in [5.74, 6) is 1.58. The van der Waals surface area contributed by atoms with Crippen molar-refractivity contribution < 1.29 is 36.6 Å². The third kappa shape index (κ3) is 4.86. The molecule has 4 aromatic rings. The van der Waals surface area contributed by atoms with Gasteiger partial charge in [0.25, 0.3) is 10.0 Å². The molecule has 0 aliphatic rings.